The molecule has 0 amide bonds. The van der Waals surface area contributed by atoms with E-state index in [1.807, 2.05) is 6.07 Å². The van der Waals surface area contributed by atoms with Crippen molar-refractivity contribution < 1.29 is 5.11 Å². The largest absolute Gasteiger partial charge is 0.391 e. The second-order valence-corrected chi connectivity index (χ2v) is 5.36. The fourth-order valence-corrected chi connectivity index (χ4v) is 1.80. The van der Waals surface area contributed by atoms with Crippen molar-refractivity contribution in [2.24, 2.45) is 0 Å². The van der Waals surface area contributed by atoms with Crippen LogP contribution in [0, 0.1) is 6.92 Å². The van der Waals surface area contributed by atoms with Gasteiger partial charge in [-0.2, -0.15) is 0 Å². The Morgan fingerprint density at radius 2 is 2.06 bits per heavy atom. The first-order valence-corrected chi connectivity index (χ1v) is 6.45. The summed E-state index contributed by atoms with van der Waals surface area (Å²) in [7, 11) is 0. The van der Waals surface area contributed by atoms with E-state index in [0.717, 1.165) is 4.47 Å². The van der Waals surface area contributed by atoms with Crippen molar-refractivity contribution in [3.05, 3.63) is 33.8 Å². The molecule has 0 radical (unpaired) electrons. The van der Waals surface area contributed by atoms with Crippen molar-refractivity contribution in [1.82, 2.24) is 5.32 Å². The van der Waals surface area contributed by atoms with Crippen LogP contribution in [0.1, 0.15) is 25.0 Å². The molecule has 0 aromatic heterocycles. The van der Waals surface area contributed by atoms with Gasteiger partial charge in [0.2, 0.25) is 0 Å². The van der Waals surface area contributed by atoms with Crippen LogP contribution in [0.3, 0.4) is 0 Å². The molecule has 0 saturated carbocycles. The molecule has 0 saturated heterocycles. The Hall–Kier alpha value is -0.380. The highest BCUT2D eigenvalue weighted by Gasteiger charge is 2.07. The molecule has 0 heterocycles. The monoisotopic (exact) mass is 285 g/mol. The Morgan fingerprint density at radius 3 is 2.62 bits per heavy atom. The molecular weight excluding hydrogens is 266 g/mol. The third kappa shape index (κ3) is 4.64. The van der Waals surface area contributed by atoms with Gasteiger partial charge in [-0.3, -0.25) is 0 Å². The molecule has 0 aliphatic carbocycles. The molecular formula is C13H20BrNO. The summed E-state index contributed by atoms with van der Waals surface area (Å²) >= 11 is 3.47. The SMILES string of the molecule is Cc1cc(CC(O)CNC(C)C)ccc1Br. The number of aliphatic hydroxyl groups excluding tert-OH is 1. The Bertz CT molecular complexity index is 339. The van der Waals surface area contributed by atoms with Crippen molar-refractivity contribution in [3.63, 3.8) is 0 Å². The summed E-state index contributed by atoms with van der Waals surface area (Å²) in [6.07, 6.45) is 0.386. The lowest BCUT2D eigenvalue weighted by atomic mass is 10.1. The first kappa shape index (κ1) is 13.7. The van der Waals surface area contributed by atoms with E-state index in [1.165, 1.54) is 11.1 Å². The van der Waals surface area contributed by atoms with Crippen LogP contribution < -0.4 is 5.32 Å². The summed E-state index contributed by atoms with van der Waals surface area (Å²) in [6, 6.07) is 6.62. The summed E-state index contributed by atoms with van der Waals surface area (Å²) in [4.78, 5) is 0. The second kappa shape index (κ2) is 6.38. The Morgan fingerprint density at radius 1 is 1.38 bits per heavy atom. The second-order valence-electron chi connectivity index (χ2n) is 4.50. The zero-order valence-electron chi connectivity index (χ0n) is 10.1. The number of rotatable bonds is 5. The number of halogens is 1. The van der Waals surface area contributed by atoms with E-state index in [1.54, 1.807) is 0 Å². The summed E-state index contributed by atoms with van der Waals surface area (Å²) < 4.78 is 1.12. The van der Waals surface area contributed by atoms with Gasteiger partial charge in [0.25, 0.3) is 0 Å². The first-order valence-electron chi connectivity index (χ1n) is 5.65. The van der Waals surface area contributed by atoms with Gasteiger partial charge >= 0.3 is 0 Å². The maximum absolute atomic E-state index is 9.84. The van der Waals surface area contributed by atoms with Crippen molar-refractivity contribution in [2.45, 2.75) is 39.3 Å². The summed E-state index contributed by atoms with van der Waals surface area (Å²) in [6.45, 7) is 6.87. The zero-order chi connectivity index (χ0) is 12.1. The maximum Gasteiger partial charge on any atom is 0.0704 e. The molecule has 1 unspecified atom stereocenters. The Labute approximate surface area is 106 Å². The minimum Gasteiger partial charge on any atom is -0.391 e. The van der Waals surface area contributed by atoms with E-state index >= 15 is 0 Å². The third-order valence-corrected chi connectivity index (χ3v) is 3.35. The van der Waals surface area contributed by atoms with Gasteiger partial charge in [0.05, 0.1) is 6.10 Å². The topological polar surface area (TPSA) is 32.3 Å². The van der Waals surface area contributed by atoms with E-state index < -0.39 is 0 Å². The quantitative estimate of drug-likeness (QED) is 0.872. The predicted molar refractivity (Wildman–Crippen MR) is 71.7 cm³/mol. The minimum absolute atomic E-state index is 0.317. The van der Waals surface area contributed by atoms with Crippen LogP contribution in [0.5, 0.6) is 0 Å². The molecule has 16 heavy (non-hydrogen) atoms. The smallest absolute Gasteiger partial charge is 0.0704 e. The Kier molecular flexibility index (Phi) is 5.46. The van der Waals surface area contributed by atoms with Gasteiger partial charge in [0, 0.05) is 17.1 Å². The number of hydrogen-bond acceptors (Lipinski definition) is 2. The van der Waals surface area contributed by atoms with Gasteiger partial charge in [-0.25, -0.2) is 0 Å². The third-order valence-electron chi connectivity index (χ3n) is 2.46. The van der Waals surface area contributed by atoms with E-state index in [0.29, 0.717) is 19.0 Å². The van der Waals surface area contributed by atoms with Crippen molar-refractivity contribution in [1.29, 1.82) is 0 Å². The average molecular weight is 286 g/mol. The fraction of sp³-hybridized carbons (Fsp3) is 0.538. The van der Waals surface area contributed by atoms with Gasteiger partial charge in [0.15, 0.2) is 0 Å². The number of aryl methyl sites for hydroxylation is 1. The molecule has 2 N–H and O–H groups in total. The number of benzene rings is 1. The van der Waals surface area contributed by atoms with E-state index in [4.69, 9.17) is 0 Å². The molecule has 1 rings (SSSR count). The van der Waals surface area contributed by atoms with E-state index in [-0.39, 0.29) is 6.10 Å². The maximum atomic E-state index is 9.84. The molecule has 90 valence electrons. The van der Waals surface area contributed by atoms with Crippen LogP contribution >= 0.6 is 15.9 Å². The van der Waals surface area contributed by atoms with Crippen LogP contribution in [0.4, 0.5) is 0 Å². The molecule has 1 aromatic rings. The highest BCUT2D eigenvalue weighted by molar-refractivity contribution is 9.10. The molecule has 0 aliphatic heterocycles. The van der Waals surface area contributed by atoms with Crippen molar-refractivity contribution in [3.8, 4) is 0 Å². The summed E-state index contributed by atoms with van der Waals surface area (Å²) in [5.74, 6) is 0. The highest BCUT2D eigenvalue weighted by Crippen LogP contribution is 2.17. The van der Waals surface area contributed by atoms with Crippen molar-refractivity contribution >= 4 is 15.9 Å². The van der Waals surface area contributed by atoms with Gasteiger partial charge in [-0.15, -0.1) is 0 Å². The molecule has 1 atom stereocenters. The van der Waals surface area contributed by atoms with Gasteiger partial charge in [-0.1, -0.05) is 41.9 Å². The average Bonchev–Trinajstić information content (AvgIpc) is 2.21. The normalized spacial score (nSPS) is 13.1. The molecule has 0 aliphatic rings. The lowest BCUT2D eigenvalue weighted by molar-refractivity contribution is 0.169. The van der Waals surface area contributed by atoms with Crippen LogP contribution in [0.2, 0.25) is 0 Å². The predicted octanol–water partition coefficient (Wildman–Crippen LogP) is 2.66. The van der Waals surface area contributed by atoms with Crippen LogP contribution in [-0.2, 0) is 6.42 Å². The first-order chi connectivity index (χ1) is 7.49. The van der Waals surface area contributed by atoms with Gasteiger partial charge in [0.1, 0.15) is 0 Å². The molecule has 1 aromatic carbocycles. The van der Waals surface area contributed by atoms with Gasteiger partial charge in [-0.05, 0) is 30.5 Å². The fourth-order valence-electron chi connectivity index (χ4n) is 1.55. The lowest BCUT2D eigenvalue weighted by Crippen LogP contribution is -2.33. The molecule has 3 heteroatoms. The van der Waals surface area contributed by atoms with Crippen LogP contribution in [0.25, 0.3) is 0 Å². The molecule has 2 nitrogen and oxygen atoms in total. The zero-order valence-corrected chi connectivity index (χ0v) is 11.7. The molecule has 0 bridgehead atoms. The van der Waals surface area contributed by atoms with E-state index in [2.05, 4.69) is 54.2 Å². The number of hydrogen-bond donors (Lipinski definition) is 2. The molecule has 0 fully saturated rings. The molecule has 0 spiro atoms. The number of aliphatic hydroxyl groups is 1. The van der Waals surface area contributed by atoms with E-state index in [9.17, 15) is 5.11 Å². The minimum atomic E-state index is -0.317. The summed E-state index contributed by atoms with van der Waals surface area (Å²) in [5.41, 5.74) is 2.39. The van der Waals surface area contributed by atoms with Crippen LogP contribution in [0.15, 0.2) is 22.7 Å². The number of nitrogens with one attached hydrogen (secondary N) is 1. The van der Waals surface area contributed by atoms with Crippen LogP contribution in [-0.4, -0.2) is 23.8 Å². The lowest BCUT2D eigenvalue weighted by Gasteiger charge is -2.14. The summed E-state index contributed by atoms with van der Waals surface area (Å²) in [5, 5.41) is 13.1. The van der Waals surface area contributed by atoms with Crippen molar-refractivity contribution in [2.75, 3.05) is 6.54 Å². The highest BCUT2D eigenvalue weighted by atomic mass is 79.9. The Balaban J connectivity index is 2.49. The standard InChI is InChI=1S/C13H20BrNO/c1-9(2)15-8-12(16)7-11-4-5-13(14)10(3)6-11/h4-6,9,12,15-16H,7-8H2,1-3H3. The van der Waals surface area contributed by atoms with Gasteiger partial charge < -0.3 is 10.4 Å².